The molecule has 0 spiro atoms. The van der Waals surface area contributed by atoms with Gasteiger partial charge in [-0.3, -0.25) is 4.79 Å². The summed E-state index contributed by atoms with van der Waals surface area (Å²) in [6, 6.07) is 0. The van der Waals surface area contributed by atoms with Gasteiger partial charge in [-0.05, 0) is 18.8 Å². The third kappa shape index (κ3) is 5.17. The number of rotatable bonds is 9. The van der Waals surface area contributed by atoms with Crippen molar-refractivity contribution >= 4 is 28.2 Å². The van der Waals surface area contributed by atoms with Crippen molar-refractivity contribution in [3.63, 3.8) is 0 Å². The molecule has 120 valence electrons. The summed E-state index contributed by atoms with van der Waals surface area (Å²) < 4.78 is 0. The number of hydrogen-bond acceptors (Lipinski definition) is 6. The molecule has 0 aliphatic carbocycles. The molecule has 21 heavy (non-hydrogen) atoms. The van der Waals surface area contributed by atoms with Crippen LogP contribution in [-0.2, 0) is 0 Å². The molecule has 7 heteroatoms. The smallest absolute Gasteiger partial charge is 0.265 e. The molecule has 0 bridgehead atoms. The summed E-state index contributed by atoms with van der Waals surface area (Å²) in [6.07, 6.45) is 2.62. The second-order valence-corrected chi connectivity index (χ2v) is 6.11. The fourth-order valence-electron chi connectivity index (χ4n) is 2.03. The molecule has 4 N–H and O–H groups in total. The number of nitrogens with one attached hydrogen (secondary N) is 1. The lowest BCUT2D eigenvalue weighted by molar-refractivity contribution is 0.0948. The lowest BCUT2D eigenvalue weighted by atomic mass is 10.0. The molecule has 6 nitrogen and oxygen atoms in total. The Balaban J connectivity index is 2.65. The van der Waals surface area contributed by atoms with Crippen LogP contribution in [0.15, 0.2) is 0 Å². The molecule has 1 rings (SSSR count). The van der Waals surface area contributed by atoms with Crippen molar-refractivity contribution in [1.29, 1.82) is 0 Å². The van der Waals surface area contributed by atoms with Gasteiger partial charge < -0.3 is 21.1 Å². The van der Waals surface area contributed by atoms with Crippen LogP contribution in [0.4, 0.5) is 10.9 Å². The average Bonchev–Trinajstić information content (AvgIpc) is 2.85. The molecule has 0 radical (unpaired) electrons. The van der Waals surface area contributed by atoms with Crippen LogP contribution in [0.5, 0.6) is 0 Å². The van der Waals surface area contributed by atoms with Crippen molar-refractivity contribution in [2.24, 2.45) is 5.92 Å². The first-order valence-electron chi connectivity index (χ1n) is 7.39. The summed E-state index contributed by atoms with van der Waals surface area (Å²) in [4.78, 5) is 18.9. The zero-order valence-corrected chi connectivity index (χ0v) is 13.9. The van der Waals surface area contributed by atoms with Crippen LogP contribution in [0.1, 0.15) is 42.8 Å². The number of hydrogen-bond donors (Lipinski definition) is 3. The van der Waals surface area contributed by atoms with Crippen LogP contribution in [-0.4, -0.2) is 42.7 Å². The predicted octanol–water partition coefficient (Wildman–Crippen LogP) is 1.71. The number of anilines is 2. The number of nitrogens with two attached hydrogens (primary N) is 1. The van der Waals surface area contributed by atoms with Gasteiger partial charge in [0.15, 0.2) is 5.13 Å². The summed E-state index contributed by atoms with van der Waals surface area (Å²) in [6.45, 7) is 5.71. The molecular weight excluding hydrogens is 288 g/mol. The van der Waals surface area contributed by atoms with Crippen LogP contribution < -0.4 is 16.0 Å². The maximum Gasteiger partial charge on any atom is 0.265 e. The molecule has 1 aromatic rings. The Bertz CT molecular complexity index is 450. The molecular formula is C14H26N4O2S. The van der Waals surface area contributed by atoms with E-state index in [1.54, 1.807) is 0 Å². The quantitative estimate of drug-likeness (QED) is 0.645. The summed E-state index contributed by atoms with van der Waals surface area (Å²) in [5, 5.41) is 12.6. The molecule has 0 aliphatic heterocycles. The molecule has 1 unspecified atom stereocenters. The lowest BCUT2D eigenvalue weighted by Crippen LogP contribution is -2.29. The number of aromatic nitrogens is 1. The Kier molecular flexibility index (Phi) is 7.45. The number of carbonyl (C=O) groups excluding carboxylic acids is 1. The molecule has 1 aromatic heterocycles. The average molecular weight is 314 g/mol. The fourth-order valence-corrected chi connectivity index (χ4v) is 2.92. The van der Waals surface area contributed by atoms with E-state index in [0.717, 1.165) is 24.5 Å². The van der Waals surface area contributed by atoms with Gasteiger partial charge in [0, 0.05) is 26.7 Å². The standard InChI is InChI=1S/C14H26N4O2S/c1-4-7-18(3)14-17-12(15)11(21-14)13(20)16-9-10(5-2)6-8-19/h10,19H,4-9,15H2,1-3H3,(H,16,20). The van der Waals surface area contributed by atoms with Crippen molar-refractivity contribution < 1.29 is 9.90 Å². The zero-order chi connectivity index (χ0) is 15.8. The molecule has 0 fully saturated rings. The summed E-state index contributed by atoms with van der Waals surface area (Å²) in [7, 11) is 1.94. The zero-order valence-electron chi connectivity index (χ0n) is 13.1. The Hall–Kier alpha value is -1.34. The van der Waals surface area contributed by atoms with Gasteiger partial charge in [0.1, 0.15) is 10.7 Å². The van der Waals surface area contributed by atoms with E-state index in [4.69, 9.17) is 10.8 Å². The van der Waals surface area contributed by atoms with E-state index in [1.807, 2.05) is 18.9 Å². The van der Waals surface area contributed by atoms with Crippen LogP contribution in [0.3, 0.4) is 0 Å². The van der Waals surface area contributed by atoms with Gasteiger partial charge in [-0.25, -0.2) is 4.98 Å². The number of amides is 1. The van der Waals surface area contributed by atoms with Gasteiger partial charge in [0.25, 0.3) is 5.91 Å². The highest BCUT2D eigenvalue weighted by Gasteiger charge is 2.18. The van der Waals surface area contributed by atoms with Crippen LogP contribution in [0, 0.1) is 5.92 Å². The second-order valence-electron chi connectivity index (χ2n) is 5.13. The highest BCUT2D eigenvalue weighted by atomic mass is 32.1. The Morgan fingerprint density at radius 1 is 1.52 bits per heavy atom. The van der Waals surface area contributed by atoms with E-state index in [2.05, 4.69) is 17.2 Å². The first-order valence-corrected chi connectivity index (χ1v) is 8.21. The second kappa shape index (κ2) is 8.84. The molecule has 1 atom stereocenters. The molecule has 0 saturated carbocycles. The number of thiazole rings is 1. The first-order chi connectivity index (χ1) is 10.0. The maximum atomic E-state index is 12.2. The largest absolute Gasteiger partial charge is 0.396 e. The van der Waals surface area contributed by atoms with Crippen molar-refractivity contribution in [3.8, 4) is 0 Å². The van der Waals surface area contributed by atoms with Crippen LogP contribution >= 0.6 is 11.3 Å². The van der Waals surface area contributed by atoms with Gasteiger partial charge in [-0.15, -0.1) is 0 Å². The van der Waals surface area contributed by atoms with E-state index in [0.29, 0.717) is 17.8 Å². The third-order valence-corrected chi connectivity index (χ3v) is 4.58. The highest BCUT2D eigenvalue weighted by molar-refractivity contribution is 7.18. The summed E-state index contributed by atoms with van der Waals surface area (Å²) in [5.41, 5.74) is 5.85. The highest BCUT2D eigenvalue weighted by Crippen LogP contribution is 2.27. The van der Waals surface area contributed by atoms with Gasteiger partial charge in [-0.1, -0.05) is 31.6 Å². The number of aliphatic hydroxyl groups is 1. The van der Waals surface area contributed by atoms with E-state index in [-0.39, 0.29) is 24.2 Å². The predicted molar refractivity (Wildman–Crippen MR) is 87.9 cm³/mol. The van der Waals surface area contributed by atoms with Crippen molar-refractivity contribution in [2.45, 2.75) is 33.1 Å². The van der Waals surface area contributed by atoms with Gasteiger partial charge >= 0.3 is 0 Å². The normalized spacial score (nSPS) is 12.2. The van der Waals surface area contributed by atoms with E-state index in [1.165, 1.54) is 11.3 Å². The number of nitrogen functional groups attached to an aromatic ring is 1. The monoisotopic (exact) mass is 314 g/mol. The summed E-state index contributed by atoms with van der Waals surface area (Å²) >= 11 is 1.32. The Morgan fingerprint density at radius 3 is 2.81 bits per heavy atom. The summed E-state index contributed by atoms with van der Waals surface area (Å²) in [5.74, 6) is 0.388. The molecule has 0 aromatic carbocycles. The van der Waals surface area contributed by atoms with Crippen molar-refractivity contribution in [3.05, 3.63) is 4.88 Å². The first kappa shape index (κ1) is 17.7. The number of carbonyl (C=O) groups is 1. The van der Waals surface area contributed by atoms with Gasteiger partial charge in [0.2, 0.25) is 0 Å². The molecule has 1 heterocycles. The van der Waals surface area contributed by atoms with Crippen molar-refractivity contribution in [2.75, 3.05) is 37.4 Å². The van der Waals surface area contributed by atoms with E-state index >= 15 is 0 Å². The van der Waals surface area contributed by atoms with E-state index < -0.39 is 0 Å². The van der Waals surface area contributed by atoms with Crippen molar-refractivity contribution in [1.82, 2.24) is 10.3 Å². The Morgan fingerprint density at radius 2 is 2.24 bits per heavy atom. The van der Waals surface area contributed by atoms with E-state index in [9.17, 15) is 4.79 Å². The minimum atomic E-state index is -0.183. The Labute approximate surface area is 130 Å². The molecule has 1 amide bonds. The number of nitrogens with zero attached hydrogens (tertiary/aromatic N) is 2. The third-order valence-electron chi connectivity index (χ3n) is 3.40. The van der Waals surface area contributed by atoms with Crippen LogP contribution in [0.25, 0.3) is 0 Å². The molecule has 0 saturated heterocycles. The maximum absolute atomic E-state index is 12.2. The van der Waals surface area contributed by atoms with Gasteiger partial charge in [-0.2, -0.15) is 0 Å². The van der Waals surface area contributed by atoms with Gasteiger partial charge in [0.05, 0.1) is 0 Å². The fraction of sp³-hybridized carbons (Fsp3) is 0.714. The topological polar surface area (TPSA) is 91.5 Å². The number of aliphatic hydroxyl groups excluding tert-OH is 1. The SMILES string of the molecule is CCCN(C)c1nc(N)c(C(=O)NCC(CC)CCO)s1. The molecule has 0 aliphatic rings. The minimum Gasteiger partial charge on any atom is -0.396 e. The van der Waals surface area contributed by atoms with Crippen LogP contribution in [0.2, 0.25) is 0 Å². The lowest BCUT2D eigenvalue weighted by Gasteiger charge is -2.14. The minimum absolute atomic E-state index is 0.142.